The largest absolute Gasteiger partial charge is 0.478 e. The molecule has 2 unspecified atom stereocenters. The van der Waals surface area contributed by atoms with Gasteiger partial charge in [0, 0.05) is 13.1 Å². The minimum atomic E-state index is -1.07. The van der Waals surface area contributed by atoms with Crippen LogP contribution in [0.25, 0.3) is 0 Å². The number of carboxylic acids is 1. The molecule has 0 spiro atoms. The maximum absolute atomic E-state index is 13.1. The number of piperidine rings is 1. The first-order chi connectivity index (χ1) is 8.49. The van der Waals surface area contributed by atoms with Gasteiger partial charge in [-0.05, 0) is 36.5 Å². The number of halogens is 1. The van der Waals surface area contributed by atoms with E-state index in [0.717, 1.165) is 25.6 Å². The summed E-state index contributed by atoms with van der Waals surface area (Å²) in [5, 5.41) is 9.15. The minimum Gasteiger partial charge on any atom is -0.478 e. The molecule has 1 fully saturated rings. The van der Waals surface area contributed by atoms with Crippen molar-refractivity contribution < 1.29 is 14.3 Å². The van der Waals surface area contributed by atoms with Gasteiger partial charge in [0.1, 0.15) is 5.82 Å². The van der Waals surface area contributed by atoms with Crippen molar-refractivity contribution >= 4 is 11.7 Å². The molecule has 1 aromatic carbocycles. The van der Waals surface area contributed by atoms with E-state index >= 15 is 0 Å². The van der Waals surface area contributed by atoms with E-state index in [1.165, 1.54) is 6.07 Å². The van der Waals surface area contributed by atoms with Gasteiger partial charge in [0.05, 0.1) is 11.3 Å². The fourth-order valence-corrected chi connectivity index (χ4v) is 2.44. The highest BCUT2D eigenvalue weighted by molar-refractivity contribution is 5.94. The molecular formula is C14H18FNO2. The summed E-state index contributed by atoms with van der Waals surface area (Å²) in [6.45, 7) is 6.04. The summed E-state index contributed by atoms with van der Waals surface area (Å²) in [6, 6.07) is 3.99. The molecule has 3 nitrogen and oxygen atoms in total. The lowest BCUT2D eigenvalue weighted by Gasteiger charge is -2.37. The molecule has 2 atom stereocenters. The number of rotatable bonds is 2. The Bertz CT molecular complexity index is 461. The van der Waals surface area contributed by atoms with E-state index in [1.54, 1.807) is 6.07 Å². The number of carbonyl (C=O) groups is 1. The highest BCUT2D eigenvalue weighted by Crippen LogP contribution is 2.29. The van der Waals surface area contributed by atoms with Crippen LogP contribution in [0.2, 0.25) is 0 Å². The third kappa shape index (κ3) is 2.47. The molecule has 18 heavy (non-hydrogen) atoms. The highest BCUT2D eigenvalue weighted by atomic mass is 19.1. The number of hydrogen-bond donors (Lipinski definition) is 1. The van der Waals surface area contributed by atoms with Crippen molar-refractivity contribution in [2.75, 3.05) is 18.0 Å². The highest BCUT2D eigenvalue weighted by Gasteiger charge is 2.25. The van der Waals surface area contributed by atoms with Crippen LogP contribution >= 0.6 is 0 Å². The Morgan fingerprint density at radius 1 is 1.39 bits per heavy atom. The van der Waals surface area contributed by atoms with E-state index in [1.807, 2.05) is 4.90 Å². The molecular weight excluding hydrogens is 233 g/mol. The van der Waals surface area contributed by atoms with E-state index in [4.69, 9.17) is 5.11 Å². The lowest BCUT2D eigenvalue weighted by atomic mass is 9.88. The molecule has 0 saturated carbocycles. The van der Waals surface area contributed by atoms with Crippen molar-refractivity contribution in [2.24, 2.45) is 11.8 Å². The normalized spacial score (nSPS) is 24.1. The third-order valence-electron chi connectivity index (χ3n) is 3.86. The van der Waals surface area contributed by atoms with Gasteiger partial charge in [0.2, 0.25) is 0 Å². The van der Waals surface area contributed by atoms with E-state index in [2.05, 4.69) is 13.8 Å². The SMILES string of the molecule is CC1CCN(c2ccc(F)cc2C(=O)O)CC1C. The van der Waals surface area contributed by atoms with Crippen molar-refractivity contribution in [1.82, 2.24) is 0 Å². The predicted molar refractivity (Wildman–Crippen MR) is 68.5 cm³/mol. The van der Waals surface area contributed by atoms with E-state index in [-0.39, 0.29) is 5.56 Å². The molecule has 1 aromatic rings. The van der Waals surface area contributed by atoms with Gasteiger partial charge >= 0.3 is 5.97 Å². The van der Waals surface area contributed by atoms with Crippen LogP contribution in [0, 0.1) is 17.7 Å². The second-order valence-electron chi connectivity index (χ2n) is 5.16. The van der Waals surface area contributed by atoms with Gasteiger partial charge in [0.25, 0.3) is 0 Å². The number of hydrogen-bond acceptors (Lipinski definition) is 2. The van der Waals surface area contributed by atoms with Gasteiger partial charge in [-0.15, -0.1) is 0 Å². The summed E-state index contributed by atoms with van der Waals surface area (Å²) in [6.07, 6.45) is 1.04. The van der Waals surface area contributed by atoms with Gasteiger partial charge in [-0.2, -0.15) is 0 Å². The first kappa shape index (κ1) is 12.9. The molecule has 4 heteroatoms. The van der Waals surface area contributed by atoms with Crippen molar-refractivity contribution in [3.63, 3.8) is 0 Å². The summed E-state index contributed by atoms with van der Waals surface area (Å²) < 4.78 is 13.1. The van der Waals surface area contributed by atoms with Crippen LogP contribution in [0.5, 0.6) is 0 Å². The van der Waals surface area contributed by atoms with Crippen LogP contribution in [0.3, 0.4) is 0 Å². The van der Waals surface area contributed by atoms with Crippen LogP contribution in [0.1, 0.15) is 30.6 Å². The van der Waals surface area contributed by atoms with Crippen molar-refractivity contribution in [1.29, 1.82) is 0 Å². The molecule has 2 rings (SSSR count). The number of aromatic carboxylic acids is 1. The molecule has 1 saturated heterocycles. The van der Waals surface area contributed by atoms with Gasteiger partial charge in [-0.1, -0.05) is 13.8 Å². The average molecular weight is 251 g/mol. The van der Waals surface area contributed by atoms with Crippen LogP contribution < -0.4 is 4.90 Å². The van der Waals surface area contributed by atoms with E-state index in [0.29, 0.717) is 17.5 Å². The number of benzene rings is 1. The standard InChI is InChI=1S/C14H18FNO2/c1-9-5-6-16(8-10(9)2)13-4-3-11(15)7-12(13)14(17)18/h3-4,7,9-10H,5-6,8H2,1-2H3,(H,17,18). The Hall–Kier alpha value is -1.58. The zero-order valence-electron chi connectivity index (χ0n) is 10.7. The zero-order valence-corrected chi connectivity index (χ0v) is 10.7. The van der Waals surface area contributed by atoms with Gasteiger partial charge in [0.15, 0.2) is 0 Å². The maximum atomic E-state index is 13.1. The zero-order chi connectivity index (χ0) is 13.3. The molecule has 1 N–H and O–H groups in total. The van der Waals surface area contributed by atoms with Crippen LogP contribution in [-0.2, 0) is 0 Å². The van der Waals surface area contributed by atoms with Crippen LogP contribution in [0.4, 0.5) is 10.1 Å². The van der Waals surface area contributed by atoms with Gasteiger partial charge in [-0.25, -0.2) is 9.18 Å². The molecule has 0 aromatic heterocycles. The van der Waals surface area contributed by atoms with Crippen LogP contribution in [-0.4, -0.2) is 24.2 Å². The molecule has 0 aliphatic carbocycles. The van der Waals surface area contributed by atoms with Crippen LogP contribution in [0.15, 0.2) is 18.2 Å². The van der Waals surface area contributed by atoms with Crippen molar-refractivity contribution in [3.05, 3.63) is 29.6 Å². The molecule has 1 aliphatic heterocycles. The maximum Gasteiger partial charge on any atom is 0.337 e. The average Bonchev–Trinajstić information content (AvgIpc) is 2.32. The Labute approximate surface area is 106 Å². The molecule has 1 heterocycles. The Morgan fingerprint density at radius 3 is 2.72 bits per heavy atom. The minimum absolute atomic E-state index is 0.0525. The lowest BCUT2D eigenvalue weighted by molar-refractivity contribution is 0.0697. The first-order valence-electron chi connectivity index (χ1n) is 6.27. The van der Waals surface area contributed by atoms with E-state index in [9.17, 15) is 9.18 Å². The first-order valence-corrected chi connectivity index (χ1v) is 6.27. The second-order valence-corrected chi connectivity index (χ2v) is 5.16. The van der Waals surface area contributed by atoms with E-state index < -0.39 is 11.8 Å². The topological polar surface area (TPSA) is 40.5 Å². The predicted octanol–water partition coefficient (Wildman–Crippen LogP) is 3.01. The summed E-state index contributed by atoms with van der Waals surface area (Å²) in [4.78, 5) is 13.2. The number of anilines is 1. The van der Waals surface area contributed by atoms with Gasteiger partial charge < -0.3 is 10.0 Å². The molecule has 0 radical (unpaired) electrons. The summed E-state index contributed by atoms with van der Waals surface area (Å²) in [7, 11) is 0. The third-order valence-corrected chi connectivity index (χ3v) is 3.86. The van der Waals surface area contributed by atoms with Crippen molar-refractivity contribution in [3.8, 4) is 0 Å². The molecule has 1 aliphatic rings. The number of carboxylic acid groups (broad SMARTS) is 1. The summed E-state index contributed by atoms with van der Waals surface area (Å²) in [5.74, 6) is -0.411. The summed E-state index contributed by atoms with van der Waals surface area (Å²) >= 11 is 0. The lowest BCUT2D eigenvalue weighted by Crippen LogP contribution is -2.39. The molecule has 0 amide bonds. The fraction of sp³-hybridized carbons (Fsp3) is 0.500. The molecule has 98 valence electrons. The Balaban J connectivity index is 2.30. The molecule has 0 bridgehead atoms. The number of nitrogens with zero attached hydrogens (tertiary/aromatic N) is 1. The monoisotopic (exact) mass is 251 g/mol. The quantitative estimate of drug-likeness (QED) is 0.878. The van der Waals surface area contributed by atoms with Gasteiger partial charge in [-0.3, -0.25) is 0 Å². The second kappa shape index (κ2) is 4.96. The summed E-state index contributed by atoms with van der Waals surface area (Å²) in [5.41, 5.74) is 0.680. The Kier molecular flexibility index (Phi) is 3.55. The Morgan fingerprint density at radius 2 is 2.11 bits per heavy atom. The van der Waals surface area contributed by atoms with Crippen molar-refractivity contribution in [2.45, 2.75) is 20.3 Å². The smallest absolute Gasteiger partial charge is 0.337 e. The fourth-order valence-electron chi connectivity index (χ4n) is 2.44.